The smallest absolute Gasteiger partial charge is 0.261 e. The Kier molecular flexibility index (Phi) is 7.80. The normalized spacial score (nSPS) is 12.7. The van der Waals surface area contributed by atoms with Crippen molar-refractivity contribution in [3.63, 3.8) is 0 Å². The van der Waals surface area contributed by atoms with E-state index in [9.17, 15) is 8.78 Å². The molecule has 1 rings (SSSR count). The van der Waals surface area contributed by atoms with E-state index in [1.807, 2.05) is 19.1 Å². The van der Waals surface area contributed by atoms with E-state index in [0.717, 1.165) is 12.1 Å². The fraction of sp³-hybridized carbons (Fsp3) is 0.571. The molecule has 0 saturated carbocycles. The van der Waals surface area contributed by atoms with Crippen molar-refractivity contribution in [2.24, 2.45) is 0 Å². The quantitative estimate of drug-likeness (QED) is 0.706. The van der Waals surface area contributed by atoms with Gasteiger partial charge in [0, 0.05) is 17.7 Å². The van der Waals surface area contributed by atoms with Gasteiger partial charge in [0.1, 0.15) is 12.4 Å². The van der Waals surface area contributed by atoms with Gasteiger partial charge in [-0.1, -0.05) is 24.6 Å². The monoisotopic (exact) mass is 307 g/mol. The molecule has 20 heavy (non-hydrogen) atoms. The van der Waals surface area contributed by atoms with E-state index in [-0.39, 0.29) is 12.6 Å². The van der Waals surface area contributed by atoms with Gasteiger partial charge in [-0.05, 0) is 30.7 Å². The second kappa shape index (κ2) is 9.10. The highest BCUT2D eigenvalue weighted by atomic mass is 35.5. The Balaban J connectivity index is 2.65. The van der Waals surface area contributed by atoms with Gasteiger partial charge >= 0.3 is 0 Å². The van der Waals surface area contributed by atoms with E-state index < -0.39 is 13.0 Å². The van der Waals surface area contributed by atoms with E-state index in [4.69, 9.17) is 21.1 Å². The molecule has 6 heteroatoms. The van der Waals surface area contributed by atoms with E-state index in [2.05, 4.69) is 5.32 Å². The summed E-state index contributed by atoms with van der Waals surface area (Å²) in [6.45, 7) is 2.45. The summed E-state index contributed by atoms with van der Waals surface area (Å²) in [4.78, 5) is 0. The summed E-state index contributed by atoms with van der Waals surface area (Å²) in [5, 5.41) is 3.86. The number of halogens is 3. The number of benzene rings is 1. The minimum absolute atomic E-state index is 0.0314. The van der Waals surface area contributed by atoms with Gasteiger partial charge in [0.15, 0.2) is 0 Å². The average Bonchev–Trinajstić information content (AvgIpc) is 2.42. The van der Waals surface area contributed by atoms with Crippen LogP contribution in [0.25, 0.3) is 0 Å². The predicted octanol–water partition coefficient (Wildman–Crippen LogP) is 3.67. The van der Waals surface area contributed by atoms with Crippen molar-refractivity contribution in [2.45, 2.75) is 25.8 Å². The molecule has 3 nitrogen and oxygen atoms in total. The lowest BCUT2D eigenvalue weighted by molar-refractivity contribution is 0.0144. The van der Waals surface area contributed by atoms with Crippen molar-refractivity contribution in [3.8, 4) is 5.75 Å². The molecule has 1 aromatic carbocycles. The SMILES string of the molecule is CCNC(CCOCC(F)F)c1ccc(OC)cc1Cl. The van der Waals surface area contributed by atoms with Crippen molar-refractivity contribution in [1.29, 1.82) is 0 Å². The first-order chi connectivity index (χ1) is 9.58. The van der Waals surface area contributed by atoms with E-state index in [0.29, 0.717) is 17.2 Å². The van der Waals surface area contributed by atoms with Crippen LogP contribution in [0.1, 0.15) is 24.9 Å². The molecule has 0 bridgehead atoms. The molecular weight excluding hydrogens is 288 g/mol. The minimum Gasteiger partial charge on any atom is -0.497 e. The van der Waals surface area contributed by atoms with Crippen molar-refractivity contribution in [2.75, 3.05) is 26.9 Å². The van der Waals surface area contributed by atoms with Gasteiger partial charge in [0.25, 0.3) is 6.43 Å². The molecule has 1 N–H and O–H groups in total. The molecule has 0 aliphatic rings. The molecule has 1 aromatic rings. The third-order valence-corrected chi connectivity index (χ3v) is 3.16. The lowest BCUT2D eigenvalue weighted by Crippen LogP contribution is -2.23. The Hall–Kier alpha value is -0.910. The molecule has 0 spiro atoms. The maximum atomic E-state index is 12.0. The highest BCUT2D eigenvalue weighted by Gasteiger charge is 2.15. The molecule has 0 radical (unpaired) electrons. The van der Waals surface area contributed by atoms with Gasteiger partial charge in [-0.3, -0.25) is 0 Å². The number of hydrogen-bond acceptors (Lipinski definition) is 3. The molecule has 0 saturated heterocycles. The maximum absolute atomic E-state index is 12.0. The average molecular weight is 308 g/mol. The van der Waals surface area contributed by atoms with Crippen molar-refractivity contribution in [3.05, 3.63) is 28.8 Å². The van der Waals surface area contributed by atoms with Crippen LogP contribution in [0.5, 0.6) is 5.75 Å². The molecule has 0 aliphatic heterocycles. The Labute approximate surface area is 123 Å². The number of alkyl halides is 2. The van der Waals surface area contributed by atoms with Gasteiger partial charge in [-0.15, -0.1) is 0 Å². The lowest BCUT2D eigenvalue weighted by Gasteiger charge is -2.20. The van der Waals surface area contributed by atoms with Gasteiger partial charge < -0.3 is 14.8 Å². The number of hydrogen-bond donors (Lipinski definition) is 1. The highest BCUT2D eigenvalue weighted by molar-refractivity contribution is 6.31. The first-order valence-electron chi connectivity index (χ1n) is 6.51. The van der Waals surface area contributed by atoms with Crippen LogP contribution in [-0.4, -0.2) is 33.3 Å². The molecule has 0 aromatic heterocycles. The molecular formula is C14H20ClF2NO2. The molecule has 0 amide bonds. The molecule has 114 valence electrons. The zero-order valence-electron chi connectivity index (χ0n) is 11.7. The van der Waals surface area contributed by atoms with E-state index >= 15 is 0 Å². The first-order valence-corrected chi connectivity index (χ1v) is 6.89. The molecule has 1 atom stereocenters. The van der Waals surface area contributed by atoms with Crippen LogP contribution in [0.15, 0.2) is 18.2 Å². The Morgan fingerprint density at radius 1 is 1.35 bits per heavy atom. The van der Waals surface area contributed by atoms with Crippen molar-refractivity contribution < 1.29 is 18.3 Å². The van der Waals surface area contributed by atoms with Gasteiger partial charge in [0.05, 0.1) is 7.11 Å². The molecule has 0 aliphatic carbocycles. The van der Waals surface area contributed by atoms with Crippen LogP contribution in [0, 0.1) is 0 Å². The third kappa shape index (κ3) is 5.61. The largest absolute Gasteiger partial charge is 0.497 e. The topological polar surface area (TPSA) is 30.5 Å². The van der Waals surface area contributed by atoms with Crippen LogP contribution in [0.2, 0.25) is 5.02 Å². The van der Waals surface area contributed by atoms with E-state index in [1.165, 1.54) is 0 Å². The summed E-state index contributed by atoms with van der Waals surface area (Å²) >= 11 is 6.22. The minimum atomic E-state index is -2.43. The fourth-order valence-electron chi connectivity index (χ4n) is 1.90. The summed E-state index contributed by atoms with van der Waals surface area (Å²) in [7, 11) is 1.57. The summed E-state index contributed by atoms with van der Waals surface area (Å²) in [5.41, 5.74) is 0.912. The second-order valence-electron chi connectivity index (χ2n) is 4.25. The number of methoxy groups -OCH3 is 1. The third-order valence-electron chi connectivity index (χ3n) is 2.83. The summed E-state index contributed by atoms with van der Waals surface area (Å²) in [5.74, 6) is 0.683. The maximum Gasteiger partial charge on any atom is 0.261 e. The Bertz CT molecular complexity index is 405. The molecule has 0 heterocycles. The van der Waals surface area contributed by atoms with Gasteiger partial charge in [-0.2, -0.15) is 0 Å². The number of nitrogens with one attached hydrogen (secondary N) is 1. The number of rotatable bonds is 9. The second-order valence-corrected chi connectivity index (χ2v) is 4.66. The standard InChI is InChI=1S/C14H20ClF2NO2/c1-3-18-13(6-7-20-9-14(16)17)11-5-4-10(19-2)8-12(11)15/h4-5,8,13-14,18H,3,6-7,9H2,1-2H3. The summed E-state index contributed by atoms with van der Waals surface area (Å²) < 4.78 is 34.0. The predicted molar refractivity (Wildman–Crippen MR) is 75.9 cm³/mol. The van der Waals surface area contributed by atoms with Crippen LogP contribution in [-0.2, 0) is 4.74 Å². The zero-order valence-corrected chi connectivity index (χ0v) is 12.4. The van der Waals surface area contributed by atoms with Crippen LogP contribution in [0.3, 0.4) is 0 Å². The summed E-state index contributed by atoms with van der Waals surface area (Å²) in [6.07, 6.45) is -1.86. The molecule has 1 unspecified atom stereocenters. The zero-order chi connectivity index (χ0) is 15.0. The highest BCUT2D eigenvalue weighted by Crippen LogP contribution is 2.29. The van der Waals surface area contributed by atoms with E-state index in [1.54, 1.807) is 13.2 Å². The molecule has 0 fully saturated rings. The Morgan fingerprint density at radius 3 is 2.65 bits per heavy atom. The van der Waals surface area contributed by atoms with Gasteiger partial charge in [0.2, 0.25) is 0 Å². The lowest BCUT2D eigenvalue weighted by atomic mass is 10.0. The summed E-state index contributed by atoms with van der Waals surface area (Å²) in [6, 6.07) is 5.41. The fourth-order valence-corrected chi connectivity index (χ4v) is 2.21. The van der Waals surface area contributed by atoms with Crippen LogP contribution in [0.4, 0.5) is 8.78 Å². The van der Waals surface area contributed by atoms with Crippen LogP contribution < -0.4 is 10.1 Å². The van der Waals surface area contributed by atoms with Crippen LogP contribution >= 0.6 is 11.6 Å². The first kappa shape index (κ1) is 17.1. The van der Waals surface area contributed by atoms with Crippen molar-refractivity contribution in [1.82, 2.24) is 5.32 Å². The van der Waals surface area contributed by atoms with Crippen molar-refractivity contribution >= 4 is 11.6 Å². The Morgan fingerprint density at radius 2 is 2.10 bits per heavy atom. The van der Waals surface area contributed by atoms with Gasteiger partial charge in [-0.25, -0.2) is 8.78 Å². The number of ether oxygens (including phenoxy) is 2.